The van der Waals surface area contributed by atoms with Gasteiger partial charge >= 0.3 is 0 Å². The average Bonchev–Trinajstić information content (AvgIpc) is 2.18. The lowest BCUT2D eigenvalue weighted by Crippen LogP contribution is -2.25. The van der Waals surface area contributed by atoms with Gasteiger partial charge in [-0.3, -0.25) is 0 Å². The second-order valence-corrected chi connectivity index (χ2v) is 2.72. The van der Waals surface area contributed by atoms with E-state index in [9.17, 15) is 0 Å². The number of nitrogens with two attached hydrogens (primary N) is 1. The summed E-state index contributed by atoms with van der Waals surface area (Å²) in [5.74, 6) is 1.30. The molecule has 0 amide bonds. The smallest absolute Gasteiger partial charge is 0.179 e. The SMILES string of the molecule is COc1cncnc1NC(C)CN. The molecule has 1 unspecified atom stereocenters. The summed E-state index contributed by atoms with van der Waals surface area (Å²) >= 11 is 0. The van der Waals surface area contributed by atoms with E-state index < -0.39 is 0 Å². The topological polar surface area (TPSA) is 73.1 Å². The normalized spacial score (nSPS) is 12.2. The number of methoxy groups -OCH3 is 1. The van der Waals surface area contributed by atoms with Crippen LogP contribution < -0.4 is 15.8 Å². The summed E-state index contributed by atoms with van der Waals surface area (Å²) in [7, 11) is 1.58. The molecular weight excluding hydrogens is 168 g/mol. The number of hydrogen-bond acceptors (Lipinski definition) is 5. The Bertz CT molecular complexity index is 266. The molecule has 0 aliphatic rings. The summed E-state index contributed by atoms with van der Waals surface area (Å²) in [5, 5.41) is 3.11. The zero-order valence-electron chi connectivity index (χ0n) is 7.82. The van der Waals surface area contributed by atoms with Crippen molar-refractivity contribution in [1.82, 2.24) is 9.97 Å². The molecule has 72 valence electrons. The summed E-state index contributed by atoms with van der Waals surface area (Å²) in [6, 6.07) is 0.170. The van der Waals surface area contributed by atoms with Crippen LogP contribution in [0.3, 0.4) is 0 Å². The first kappa shape index (κ1) is 9.73. The predicted molar refractivity (Wildman–Crippen MR) is 50.7 cm³/mol. The van der Waals surface area contributed by atoms with E-state index in [0.29, 0.717) is 18.1 Å². The summed E-state index contributed by atoms with van der Waals surface area (Å²) in [5.41, 5.74) is 5.46. The van der Waals surface area contributed by atoms with Crippen LogP contribution >= 0.6 is 0 Å². The fourth-order valence-corrected chi connectivity index (χ4v) is 0.867. The molecule has 0 bridgehead atoms. The van der Waals surface area contributed by atoms with Crippen molar-refractivity contribution in [2.24, 2.45) is 5.73 Å². The first-order valence-electron chi connectivity index (χ1n) is 4.08. The van der Waals surface area contributed by atoms with Crippen molar-refractivity contribution in [2.45, 2.75) is 13.0 Å². The summed E-state index contributed by atoms with van der Waals surface area (Å²) in [6.07, 6.45) is 3.08. The Balaban J connectivity index is 2.74. The molecular formula is C8H14N4O. The molecule has 1 aromatic heterocycles. The Morgan fingerprint density at radius 2 is 2.46 bits per heavy atom. The first-order valence-corrected chi connectivity index (χ1v) is 4.08. The first-order chi connectivity index (χ1) is 6.27. The molecule has 13 heavy (non-hydrogen) atoms. The van der Waals surface area contributed by atoms with Gasteiger partial charge < -0.3 is 15.8 Å². The van der Waals surface area contributed by atoms with Gasteiger partial charge in [-0.15, -0.1) is 0 Å². The molecule has 0 aromatic carbocycles. The van der Waals surface area contributed by atoms with Crippen LogP contribution in [0.25, 0.3) is 0 Å². The fourth-order valence-electron chi connectivity index (χ4n) is 0.867. The monoisotopic (exact) mass is 182 g/mol. The van der Waals surface area contributed by atoms with Crippen molar-refractivity contribution in [3.8, 4) is 5.75 Å². The molecule has 0 aliphatic carbocycles. The zero-order chi connectivity index (χ0) is 9.68. The van der Waals surface area contributed by atoms with E-state index in [4.69, 9.17) is 10.5 Å². The number of ether oxygens (including phenoxy) is 1. The molecule has 0 saturated heterocycles. The van der Waals surface area contributed by atoms with Crippen molar-refractivity contribution >= 4 is 5.82 Å². The summed E-state index contributed by atoms with van der Waals surface area (Å²) in [4.78, 5) is 7.88. The highest BCUT2D eigenvalue weighted by atomic mass is 16.5. The highest BCUT2D eigenvalue weighted by Crippen LogP contribution is 2.18. The Kier molecular flexibility index (Phi) is 3.45. The Morgan fingerprint density at radius 3 is 3.08 bits per heavy atom. The van der Waals surface area contributed by atoms with Crippen molar-refractivity contribution in [1.29, 1.82) is 0 Å². The molecule has 0 fully saturated rings. The second-order valence-electron chi connectivity index (χ2n) is 2.72. The largest absolute Gasteiger partial charge is 0.491 e. The molecule has 3 N–H and O–H groups in total. The Morgan fingerprint density at radius 1 is 1.69 bits per heavy atom. The van der Waals surface area contributed by atoms with Gasteiger partial charge in [0.1, 0.15) is 6.33 Å². The van der Waals surface area contributed by atoms with Crippen molar-refractivity contribution in [3.05, 3.63) is 12.5 Å². The summed E-state index contributed by atoms with van der Waals surface area (Å²) < 4.78 is 5.06. The molecule has 1 rings (SSSR count). The van der Waals surface area contributed by atoms with Crippen LogP contribution in [-0.2, 0) is 0 Å². The minimum absolute atomic E-state index is 0.170. The standard InChI is InChI=1S/C8H14N4O/c1-6(3-9)12-8-7(13-2)4-10-5-11-8/h4-6H,3,9H2,1-2H3,(H,10,11,12). The lowest BCUT2D eigenvalue weighted by atomic mass is 10.3. The third-order valence-corrected chi connectivity index (χ3v) is 1.64. The van der Waals surface area contributed by atoms with Crippen LogP contribution in [0.5, 0.6) is 5.75 Å². The van der Waals surface area contributed by atoms with E-state index in [2.05, 4.69) is 15.3 Å². The van der Waals surface area contributed by atoms with Crippen molar-refractivity contribution in [3.63, 3.8) is 0 Å². The molecule has 0 saturated carbocycles. The van der Waals surface area contributed by atoms with Gasteiger partial charge in [-0.25, -0.2) is 9.97 Å². The molecule has 5 nitrogen and oxygen atoms in total. The van der Waals surface area contributed by atoms with Gasteiger partial charge in [0.25, 0.3) is 0 Å². The van der Waals surface area contributed by atoms with Crippen LogP contribution in [0.4, 0.5) is 5.82 Å². The number of hydrogen-bond donors (Lipinski definition) is 2. The van der Waals surface area contributed by atoms with E-state index >= 15 is 0 Å². The van der Waals surface area contributed by atoms with E-state index in [1.807, 2.05) is 6.92 Å². The predicted octanol–water partition coefficient (Wildman–Crippen LogP) is 0.244. The van der Waals surface area contributed by atoms with Crippen LogP contribution in [0.15, 0.2) is 12.5 Å². The molecule has 1 aromatic rings. The maximum absolute atomic E-state index is 5.46. The van der Waals surface area contributed by atoms with Crippen LogP contribution in [0.1, 0.15) is 6.92 Å². The highest BCUT2D eigenvalue weighted by Gasteiger charge is 2.05. The van der Waals surface area contributed by atoms with E-state index in [1.54, 1.807) is 13.3 Å². The van der Waals surface area contributed by atoms with Gasteiger partial charge in [0.2, 0.25) is 0 Å². The molecule has 5 heteroatoms. The maximum atomic E-state index is 5.46. The van der Waals surface area contributed by atoms with Crippen molar-refractivity contribution in [2.75, 3.05) is 19.0 Å². The number of nitrogens with one attached hydrogen (secondary N) is 1. The van der Waals surface area contributed by atoms with E-state index in [1.165, 1.54) is 6.33 Å². The van der Waals surface area contributed by atoms with Gasteiger partial charge in [0.05, 0.1) is 13.3 Å². The van der Waals surface area contributed by atoms with Crippen LogP contribution in [0.2, 0.25) is 0 Å². The zero-order valence-corrected chi connectivity index (χ0v) is 7.82. The molecule has 1 heterocycles. The van der Waals surface area contributed by atoms with Gasteiger partial charge in [0.15, 0.2) is 11.6 Å². The van der Waals surface area contributed by atoms with Crippen LogP contribution in [0, 0.1) is 0 Å². The molecule has 1 atom stereocenters. The summed E-state index contributed by atoms with van der Waals surface area (Å²) in [6.45, 7) is 2.52. The fraction of sp³-hybridized carbons (Fsp3) is 0.500. The second kappa shape index (κ2) is 4.61. The lowest BCUT2D eigenvalue weighted by molar-refractivity contribution is 0.412. The molecule has 0 aliphatic heterocycles. The number of rotatable bonds is 4. The van der Waals surface area contributed by atoms with E-state index in [-0.39, 0.29) is 6.04 Å². The van der Waals surface area contributed by atoms with Gasteiger partial charge in [-0.2, -0.15) is 0 Å². The van der Waals surface area contributed by atoms with E-state index in [0.717, 1.165) is 0 Å². The van der Waals surface area contributed by atoms with Gasteiger partial charge in [0, 0.05) is 12.6 Å². The Labute approximate surface area is 77.3 Å². The van der Waals surface area contributed by atoms with Crippen LogP contribution in [-0.4, -0.2) is 29.7 Å². The Hall–Kier alpha value is -1.36. The number of aromatic nitrogens is 2. The molecule has 0 radical (unpaired) electrons. The minimum atomic E-state index is 0.170. The number of nitrogens with zero attached hydrogens (tertiary/aromatic N) is 2. The maximum Gasteiger partial charge on any atom is 0.179 e. The minimum Gasteiger partial charge on any atom is -0.491 e. The third-order valence-electron chi connectivity index (χ3n) is 1.64. The van der Waals surface area contributed by atoms with Crippen molar-refractivity contribution < 1.29 is 4.74 Å². The third kappa shape index (κ3) is 2.55. The van der Waals surface area contributed by atoms with Gasteiger partial charge in [-0.1, -0.05) is 0 Å². The van der Waals surface area contributed by atoms with Gasteiger partial charge in [-0.05, 0) is 6.92 Å². The highest BCUT2D eigenvalue weighted by molar-refractivity contribution is 5.48. The average molecular weight is 182 g/mol. The molecule has 0 spiro atoms. The number of anilines is 1. The quantitative estimate of drug-likeness (QED) is 0.698. The lowest BCUT2D eigenvalue weighted by Gasteiger charge is -2.13.